The number of amides is 1. The molecule has 0 unspecified atom stereocenters. The van der Waals surface area contributed by atoms with Gasteiger partial charge in [-0.15, -0.1) is 0 Å². The summed E-state index contributed by atoms with van der Waals surface area (Å²) >= 11 is 9.17. The summed E-state index contributed by atoms with van der Waals surface area (Å²) in [6.45, 7) is 0.0190. The Morgan fingerprint density at radius 1 is 1.06 bits per heavy atom. The number of nitrogens with zero attached hydrogens (tertiary/aromatic N) is 2. The number of hydrogen-bond donors (Lipinski definition) is 1. The molecule has 33 heavy (non-hydrogen) atoms. The zero-order valence-electron chi connectivity index (χ0n) is 17.6. The van der Waals surface area contributed by atoms with Crippen molar-refractivity contribution in [2.75, 3.05) is 17.1 Å². The van der Waals surface area contributed by atoms with E-state index in [1.54, 1.807) is 48.5 Å². The van der Waals surface area contributed by atoms with Crippen molar-refractivity contribution < 1.29 is 17.9 Å². The molecule has 0 aliphatic rings. The van der Waals surface area contributed by atoms with Crippen LogP contribution >= 0.6 is 27.5 Å². The maximum atomic E-state index is 12.3. The first-order valence-electron chi connectivity index (χ1n) is 9.73. The van der Waals surface area contributed by atoms with Gasteiger partial charge in [-0.25, -0.2) is 13.8 Å². The molecule has 0 aliphatic heterocycles. The molecule has 3 rings (SSSR count). The van der Waals surface area contributed by atoms with E-state index in [4.69, 9.17) is 16.3 Å². The van der Waals surface area contributed by atoms with Gasteiger partial charge in [-0.05, 0) is 71.8 Å². The zero-order valence-corrected chi connectivity index (χ0v) is 20.8. The maximum absolute atomic E-state index is 12.3. The molecule has 10 heteroatoms. The molecule has 7 nitrogen and oxygen atoms in total. The molecule has 0 heterocycles. The summed E-state index contributed by atoms with van der Waals surface area (Å²) in [4.78, 5) is 12.3. The topological polar surface area (TPSA) is 88.1 Å². The minimum atomic E-state index is -3.65. The minimum absolute atomic E-state index is 0.383. The Balaban J connectivity index is 1.53. The van der Waals surface area contributed by atoms with Crippen LogP contribution < -0.4 is 14.5 Å². The third-order valence-electron chi connectivity index (χ3n) is 4.40. The van der Waals surface area contributed by atoms with Crippen molar-refractivity contribution >= 4 is 55.4 Å². The van der Waals surface area contributed by atoms with Crippen molar-refractivity contribution in [1.29, 1.82) is 0 Å². The summed E-state index contributed by atoms with van der Waals surface area (Å²) in [6, 6.07) is 21.2. The van der Waals surface area contributed by atoms with Crippen LogP contribution in [0.4, 0.5) is 5.69 Å². The smallest absolute Gasteiger partial charge is 0.260 e. The van der Waals surface area contributed by atoms with Crippen LogP contribution in [0.3, 0.4) is 0 Å². The van der Waals surface area contributed by atoms with E-state index in [9.17, 15) is 13.2 Å². The number of benzene rings is 3. The molecule has 0 bridgehead atoms. The van der Waals surface area contributed by atoms with E-state index in [1.165, 1.54) is 6.21 Å². The highest BCUT2D eigenvalue weighted by Gasteiger charge is 2.20. The molecule has 0 saturated heterocycles. The summed E-state index contributed by atoms with van der Waals surface area (Å²) in [5.41, 5.74) is 4.47. The number of hydrogen-bond acceptors (Lipinski definition) is 5. The van der Waals surface area contributed by atoms with Crippen LogP contribution in [0.25, 0.3) is 0 Å². The first kappa shape index (κ1) is 24.8. The van der Waals surface area contributed by atoms with Crippen molar-refractivity contribution in [2.24, 2.45) is 5.10 Å². The van der Waals surface area contributed by atoms with E-state index in [0.29, 0.717) is 23.1 Å². The van der Waals surface area contributed by atoms with Crippen LogP contribution in [0.15, 0.2) is 82.4 Å². The third-order valence-corrected chi connectivity index (χ3v) is 6.33. The molecule has 0 aliphatic carbocycles. The van der Waals surface area contributed by atoms with E-state index >= 15 is 0 Å². The lowest BCUT2D eigenvalue weighted by Gasteiger charge is -2.21. The molecular formula is C23H21BrClN3O4S. The summed E-state index contributed by atoms with van der Waals surface area (Å²) in [6.07, 6.45) is 2.51. The fourth-order valence-electron chi connectivity index (χ4n) is 2.75. The average Bonchev–Trinajstić information content (AvgIpc) is 2.78. The Kier molecular flexibility index (Phi) is 8.49. The summed E-state index contributed by atoms with van der Waals surface area (Å²) in [5.74, 6) is 0.118. The monoisotopic (exact) mass is 549 g/mol. The molecule has 0 fully saturated rings. The van der Waals surface area contributed by atoms with Crippen LogP contribution in [-0.4, -0.2) is 33.3 Å². The fourth-order valence-corrected chi connectivity index (χ4v) is 4.00. The number of sulfonamides is 1. The Labute approximate surface area is 206 Å². The number of carbonyl (C=O) groups is 1. The van der Waals surface area contributed by atoms with Gasteiger partial charge in [0.1, 0.15) is 18.9 Å². The first-order chi connectivity index (χ1) is 15.7. The Bertz CT molecular complexity index is 1220. The fraction of sp³-hybridized carbons (Fsp3) is 0.130. The number of carbonyl (C=O) groups excluding carboxylic acids is 1. The van der Waals surface area contributed by atoms with E-state index in [1.807, 2.05) is 24.3 Å². The van der Waals surface area contributed by atoms with Gasteiger partial charge in [0.2, 0.25) is 10.0 Å². The van der Waals surface area contributed by atoms with Crippen LogP contribution in [0.1, 0.15) is 11.1 Å². The molecule has 0 radical (unpaired) electrons. The summed E-state index contributed by atoms with van der Waals surface area (Å²) in [5, 5.41) is 4.58. The summed E-state index contributed by atoms with van der Waals surface area (Å²) < 4.78 is 31.8. The number of rotatable bonds is 9. The van der Waals surface area contributed by atoms with Crippen molar-refractivity contribution in [1.82, 2.24) is 5.43 Å². The molecule has 0 atom stereocenters. The Morgan fingerprint density at radius 3 is 2.30 bits per heavy atom. The highest BCUT2D eigenvalue weighted by molar-refractivity contribution is 9.10. The lowest BCUT2D eigenvalue weighted by molar-refractivity contribution is -0.119. The third kappa shape index (κ3) is 7.88. The molecule has 0 spiro atoms. The second-order valence-corrected chi connectivity index (χ2v) is 10.3. The second-order valence-electron chi connectivity index (χ2n) is 7.02. The van der Waals surface area contributed by atoms with E-state index < -0.39 is 22.5 Å². The van der Waals surface area contributed by atoms with E-state index in [-0.39, 0.29) is 0 Å². The Morgan fingerprint density at radius 2 is 1.70 bits per heavy atom. The van der Waals surface area contributed by atoms with Crippen molar-refractivity contribution in [3.63, 3.8) is 0 Å². The Hall–Kier alpha value is -2.88. The lowest BCUT2D eigenvalue weighted by Crippen LogP contribution is -2.38. The maximum Gasteiger partial charge on any atom is 0.260 e. The largest absolute Gasteiger partial charge is 0.489 e. The van der Waals surface area contributed by atoms with Crippen LogP contribution in [-0.2, 0) is 21.4 Å². The molecule has 172 valence electrons. The van der Waals surface area contributed by atoms with Gasteiger partial charge in [-0.3, -0.25) is 9.10 Å². The predicted octanol–water partition coefficient (Wildman–Crippen LogP) is 4.60. The number of nitrogens with one attached hydrogen (secondary N) is 1. The van der Waals surface area contributed by atoms with Crippen molar-refractivity contribution in [3.8, 4) is 5.75 Å². The highest BCUT2D eigenvalue weighted by Crippen LogP contribution is 2.20. The molecule has 0 aromatic heterocycles. The van der Waals surface area contributed by atoms with E-state index in [2.05, 4.69) is 26.5 Å². The van der Waals surface area contributed by atoms with E-state index in [0.717, 1.165) is 26.2 Å². The first-order valence-corrected chi connectivity index (χ1v) is 12.7. The van der Waals surface area contributed by atoms with Crippen molar-refractivity contribution in [3.05, 3.63) is 93.4 Å². The average molecular weight is 551 g/mol. The van der Waals surface area contributed by atoms with Crippen LogP contribution in [0.2, 0.25) is 5.02 Å². The van der Waals surface area contributed by atoms with Gasteiger partial charge >= 0.3 is 0 Å². The SMILES string of the molecule is CS(=O)(=O)N(CC(=O)N/N=C\c1ccc(OCc2ccc(Cl)cc2)cc1)c1ccc(Br)cc1. The van der Waals surface area contributed by atoms with Crippen LogP contribution in [0.5, 0.6) is 5.75 Å². The standard InChI is InChI=1S/C23H21BrClN3O4S/c1-33(30,31)28(21-10-6-19(24)7-11-21)15-23(29)27-26-14-17-4-12-22(13-5-17)32-16-18-2-8-20(25)9-3-18/h2-14H,15-16H2,1H3,(H,27,29)/b26-14-. The predicted molar refractivity (Wildman–Crippen MR) is 134 cm³/mol. The highest BCUT2D eigenvalue weighted by atomic mass is 79.9. The molecule has 0 saturated carbocycles. The van der Waals surface area contributed by atoms with Gasteiger partial charge in [0.05, 0.1) is 18.2 Å². The molecule has 3 aromatic carbocycles. The van der Waals surface area contributed by atoms with Gasteiger partial charge in [0.15, 0.2) is 0 Å². The second kappa shape index (κ2) is 11.3. The quantitative estimate of drug-likeness (QED) is 0.312. The minimum Gasteiger partial charge on any atom is -0.489 e. The molecule has 1 amide bonds. The number of halogens is 2. The van der Waals surface area contributed by atoms with Crippen LogP contribution in [0, 0.1) is 0 Å². The van der Waals surface area contributed by atoms with Gasteiger partial charge < -0.3 is 4.74 Å². The summed E-state index contributed by atoms with van der Waals surface area (Å²) in [7, 11) is -3.65. The van der Waals surface area contributed by atoms with Gasteiger partial charge in [-0.1, -0.05) is 39.7 Å². The van der Waals surface area contributed by atoms with Gasteiger partial charge in [-0.2, -0.15) is 5.10 Å². The normalized spacial score (nSPS) is 11.4. The van der Waals surface area contributed by atoms with Gasteiger partial charge in [0, 0.05) is 9.50 Å². The number of hydrazone groups is 1. The zero-order chi connectivity index (χ0) is 23.8. The van der Waals surface area contributed by atoms with Gasteiger partial charge in [0.25, 0.3) is 5.91 Å². The van der Waals surface area contributed by atoms with Crippen molar-refractivity contribution in [2.45, 2.75) is 6.61 Å². The number of ether oxygens (including phenoxy) is 1. The molecule has 1 N–H and O–H groups in total. The molecule has 3 aromatic rings. The lowest BCUT2D eigenvalue weighted by atomic mass is 10.2. The molecular weight excluding hydrogens is 530 g/mol. The number of anilines is 1.